The summed E-state index contributed by atoms with van der Waals surface area (Å²) in [4.78, 5) is 33.5. The van der Waals surface area contributed by atoms with Gasteiger partial charge in [0.1, 0.15) is 5.01 Å². The van der Waals surface area contributed by atoms with E-state index in [2.05, 4.69) is 41.6 Å². The molecular formula is C30H46N4O4S. The van der Waals surface area contributed by atoms with E-state index in [1.54, 1.807) is 20.4 Å². The molecule has 1 aromatic carbocycles. The van der Waals surface area contributed by atoms with Crippen LogP contribution in [0.5, 0.6) is 0 Å². The predicted molar refractivity (Wildman–Crippen MR) is 156 cm³/mol. The number of methoxy groups -OCH3 is 2. The summed E-state index contributed by atoms with van der Waals surface area (Å²) < 4.78 is 11.7. The number of amides is 2. The number of likely N-dealkylation sites (N-methyl/N-ethyl adjacent to an activating group) is 1. The van der Waals surface area contributed by atoms with E-state index in [0.29, 0.717) is 25.3 Å². The Bertz CT molecular complexity index is 1010. The summed E-state index contributed by atoms with van der Waals surface area (Å²) in [5.74, 6) is -0.124. The molecule has 1 aliphatic heterocycles. The molecule has 0 aliphatic carbocycles. The summed E-state index contributed by atoms with van der Waals surface area (Å²) in [5, 5.41) is 9.38. The lowest BCUT2D eigenvalue weighted by Gasteiger charge is -2.36. The number of carbonyl (C=O) groups excluding carboxylic acids is 2. The normalized spacial score (nSPS) is 20.2. The minimum Gasteiger partial charge on any atom is -0.379 e. The van der Waals surface area contributed by atoms with Crippen molar-refractivity contribution in [2.75, 3.05) is 27.8 Å². The number of rotatable bonds is 15. The highest BCUT2D eigenvalue weighted by Crippen LogP contribution is 2.29. The zero-order chi connectivity index (χ0) is 28.4. The van der Waals surface area contributed by atoms with Crippen LogP contribution < -0.4 is 10.6 Å². The Morgan fingerprint density at radius 3 is 2.51 bits per heavy atom. The first-order valence-electron chi connectivity index (χ1n) is 14.1. The Labute approximate surface area is 237 Å². The molecule has 2 amide bonds. The molecule has 2 N–H and O–H groups in total. The maximum Gasteiger partial charge on any atom is 0.226 e. The van der Waals surface area contributed by atoms with Crippen LogP contribution in [0.2, 0.25) is 0 Å². The molecule has 0 saturated carbocycles. The SMILES string of the molecule is CC[C@H](C)C(NC)[C@@H](CC(=O)N1CCC[C@H]1[C@H](OC)[C@@H](C)C(=O)N[C@@H](Cc1ccccc1)c1nccs1)OC. The first-order valence-corrected chi connectivity index (χ1v) is 15.0. The number of benzene rings is 1. The Morgan fingerprint density at radius 2 is 1.92 bits per heavy atom. The van der Waals surface area contributed by atoms with Crippen molar-refractivity contribution in [1.29, 1.82) is 0 Å². The minimum atomic E-state index is -0.449. The first-order chi connectivity index (χ1) is 18.8. The van der Waals surface area contributed by atoms with Crippen LogP contribution in [0.4, 0.5) is 0 Å². The van der Waals surface area contributed by atoms with Crippen molar-refractivity contribution in [2.24, 2.45) is 11.8 Å². The van der Waals surface area contributed by atoms with Gasteiger partial charge in [0.05, 0.1) is 36.6 Å². The van der Waals surface area contributed by atoms with Gasteiger partial charge < -0.3 is 25.0 Å². The molecule has 7 atom stereocenters. The molecule has 0 radical (unpaired) electrons. The Morgan fingerprint density at radius 1 is 1.18 bits per heavy atom. The minimum absolute atomic E-state index is 0.0484. The van der Waals surface area contributed by atoms with Crippen LogP contribution in [-0.2, 0) is 25.5 Å². The number of hydrogen-bond donors (Lipinski definition) is 2. The van der Waals surface area contributed by atoms with Gasteiger partial charge in [-0.2, -0.15) is 0 Å². The molecule has 3 rings (SSSR count). The zero-order valence-corrected chi connectivity index (χ0v) is 25.1. The topological polar surface area (TPSA) is 92.8 Å². The van der Waals surface area contributed by atoms with Gasteiger partial charge in [0.2, 0.25) is 11.8 Å². The predicted octanol–water partition coefficient (Wildman–Crippen LogP) is 4.22. The van der Waals surface area contributed by atoms with Crippen molar-refractivity contribution in [2.45, 2.75) is 83.2 Å². The molecule has 8 nitrogen and oxygen atoms in total. The lowest BCUT2D eigenvalue weighted by molar-refractivity contribution is -0.142. The van der Waals surface area contributed by atoms with Gasteiger partial charge in [-0.05, 0) is 37.8 Å². The third-order valence-corrected chi connectivity index (χ3v) is 9.08. The molecule has 1 aromatic heterocycles. The standard InChI is InChI=1S/C30H46N4O4S/c1-7-20(2)27(31-4)25(37-5)19-26(35)34-16-11-14-24(34)28(38-6)21(3)29(36)33-23(30-32-15-17-39-30)18-22-12-9-8-10-13-22/h8-10,12-13,15,17,20-21,23-25,27-28,31H,7,11,14,16,18-19H2,1-6H3,(H,33,36)/t20-,21+,23-,24-,25+,27?,28+/m0/s1. The van der Waals surface area contributed by atoms with Crippen molar-refractivity contribution < 1.29 is 19.1 Å². The van der Waals surface area contributed by atoms with Crippen molar-refractivity contribution in [3.63, 3.8) is 0 Å². The molecule has 1 fully saturated rings. The number of nitrogens with one attached hydrogen (secondary N) is 2. The largest absolute Gasteiger partial charge is 0.379 e. The van der Waals surface area contributed by atoms with Gasteiger partial charge in [-0.3, -0.25) is 9.59 Å². The maximum absolute atomic E-state index is 13.6. The summed E-state index contributed by atoms with van der Waals surface area (Å²) in [6.07, 6.45) is 4.76. The van der Waals surface area contributed by atoms with E-state index in [9.17, 15) is 9.59 Å². The lowest BCUT2D eigenvalue weighted by Crippen LogP contribution is -2.52. The van der Waals surface area contributed by atoms with Gasteiger partial charge in [-0.25, -0.2) is 4.98 Å². The fraction of sp³-hybridized carbons (Fsp3) is 0.633. The fourth-order valence-corrected chi connectivity index (χ4v) is 6.47. The van der Waals surface area contributed by atoms with Gasteiger partial charge in [-0.15, -0.1) is 11.3 Å². The van der Waals surface area contributed by atoms with Crippen LogP contribution in [0.3, 0.4) is 0 Å². The molecule has 2 aromatic rings. The number of ether oxygens (including phenoxy) is 2. The second kappa shape index (κ2) is 15.5. The van der Waals surface area contributed by atoms with Gasteiger partial charge >= 0.3 is 0 Å². The van der Waals surface area contributed by atoms with E-state index in [4.69, 9.17) is 9.47 Å². The Balaban J connectivity index is 1.71. The second-order valence-electron chi connectivity index (χ2n) is 10.6. The summed E-state index contributed by atoms with van der Waals surface area (Å²) in [6, 6.07) is 9.79. The highest BCUT2D eigenvalue weighted by molar-refractivity contribution is 7.09. The van der Waals surface area contributed by atoms with E-state index < -0.39 is 12.0 Å². The summed E-state index contributed by atoms with van der Waals surface area (Å²) >= 11 is 1.54. The smallest absolute Gasteiger partial charge is 0.226 e. The molecule has 0 bridgehead atoms. The van der Waals surface area contributed by atoms with E-state index >= 15 is 0 Å². The van der Waals surface area contributed by atoms with Crippen molar-refractivity contribution in [1.82, 2.24) is 20.5 Å². The zero-order valence-electron chi connectivity index (χ0n) is 24.3. The summed E-state index contributed by atoms with van der Waals surface area (Å²) in [7, 11) is 5.23. The fourth-order valence-electron chi connectivity index (χ4n) is 5.78. The average Bonchev–Trinajstić information content (AvgIpc) is 3.66. The molecule has 39 heavy (non-hydrogen) atoms. The highest BCUT2D eigenvalue weighted by atomic mass is 32.1. The van der Waals surface area contributed by atoms with Crippen LogP contribution in [0, 0.1) is 11.8 Å². The lowest BCUT2D eigenvalue weighted by atomic mass is 9.91. The van der Waals surface area contributed by atoms with Crippen LogP contribution in [-0.4, -0.2) is 73.8 Å². The molecule has 1 unspecified atom stereocenters. The molecule has 0 spiro atoms. The maximum atomic E-state index is 13.6. The van der Waals surface area contributed by atoms with Crippen LogP contribution in [0.1, 0.15) is 63.1 Å². The van der Waals surface area contributed by atoms with Crippen molar-refractivity contribution in [3.8, 4) is 0 Å². The molecule has 2 heterocycles. The van der Waals surface area contributed by atoms with Crippen LogP contribution in [0.15, 0.2) is 41.9 Å². The van der Waals surface area contributed by atoms with E-state index in [0.717, 1.165) is 29.8 Å². The quantitative estimate of drug-likeness (QED) is 0.340. The van der Waals surface area contributed by atoms with Crippen LogP contribution in [0.25, 0.3) is 0 Å². The molecule has 216 valence electrons. The number of aromatic nitrogens is 1. The van der Waals surface area contributed by atoms with Crippen LogP contribution >= 0.6 is 11.3 Å². The van der Waals surface area contributed by atoms with Crippen molar-refractivity contribution >= 4 is 23.2 Å². The Hall–Kier alpha value is -2.33. The molecule has 9 heteroatoms. The van der Waals surface area contributed by atoms with E-state index in [-0.39, 0.29) is 36.0 Å². The highest BCUT2D eigenvalue weighted by Gasteiger charge is 2.41. The average molecular weight is 559 g/mol. The number of carbonyl (C=O) groups is 2. The first kappa shape index (κ1) is 31.2. The third-order valence-electron chi connectivity index (χ3n) is 8.20. The summed E-state index contributed by atoms with van der Waals surface area (Å²) in [5.41, 5.74) is 1.13. The number of likely N-dealkylation sites (tertiary alicyclic amines) is 1. The second-order valence-corrected chi connectivity index (χ2v) is 11.5. The Kier molecular flexibility index (Phi) is 12.4. The number of thiazole rings is 1. The molecule has 1 saturated heterocycles. The van der Waals surface area contributed by atoms with Gasteiger partial charge in [0.25, 0.3) is 0 Å². The van der Waals surface area contributed by atoms with Gasteiger partial charge in [0.15, 0.2) is 0 Å². The monoisotopic (exact) mass is 558 g/mol. The molecule has 1 aliphatic rings. The van der Waals surface area contributed by atoms with E-state index in [1.807, 2.05) is 42.5 Å². The van der Waals surface area contributed by atoms with Gasteiger partial charge in [-0.1, -0.05) is 57.5 Å². The number of hydrogen-bond acceptors (Lipinski definition) is 7. The third kappa shape index (κ3) is 8.10. The number of nitrogens with zero attached hydrogens (tertiary/aromatic N) is 2. The van der Waals surface area contributed by atoms with Crippen molar-refractivity contribution in [3.05, 3.63) is 52.5 Å². The van der Waals surface area contributed by atoms with E-state index in [1.165, 1.54) is 11.3 Å². The van der Waals surface area contributed by atoms with Gasteiger partial charge in [0, 0.05) is 38.4 Å². The summed E-state index contributed by atoms with van der Waals surface area (Å²) in [6.45, 7) is 6.88. The molecular weight excluding hydrogens is 512 g/mol.